The Kier molecular flexibility index (Phi) is 8.47. The zero-order valence-electron chi connectivity index (χ0n) is 17.2. The summed E-state index contributed by atoms with van der Waals surface area (Å²) in [6.45, 7) is 1.42. The van der Waals surface area contributed by atoms with E-state index in [0.29, 0.717) is 6.54 Å². The Morgan fingerprint density at radius 2 is 2.00 bits per heavy atom. The molecule has 0 radical (unpaired) electrons. The van der Waals surface area contributed by atoms with E-state index >= 15 is 0 Å². The third-order valence-corrected chi connectivity index (χ3v) is 5.29. The number of aromatic nitrogens is 1. The van der Waals surface area contributed by atoms with Crippen LogP contribution in [0, 0.1) is 0 Å². The first-order valence-electron chi connectivity index (χ1n) is 9.75. The second kappa shape index (κ2) is 10.6. The summed E-state index contributed by atoms with van der Waals surface area (Å²) in [5.74, 6) is 0.876. The fraction of sp³-hybridized carbons (Fsp3) is 0.304. The Morgan fingerprint density at radius 3 is 2.73 bits per heavy atom. The van der Waals surface area contributed by atoms with Crippen molar-refractivity contribution in [2.75, 3.05) is 27.2 Å². The van der Waals surface area contributed by atoms with Crippen molar-refractivity contribution < 1.29 is 9.21 Å². The molecule has 3 aromatic rings. The molecule has 2 heterocycles. The Morgan fingerprint density at radius 1 is 1.20 bits per heavy atom. The van der Waals surface area contributed by atoms with E-state index in [4.69, 9.17) is 9.40 Å². The van der Waals surface area contributed by atoms with E-state index in [0.717, 1.165) is 64.9 Å². The highest BCUT2D eigenvalue weighted by atomic mass is 35.5. The molecule has 160 valence electrons. The van der Waals surface area contributed by atoms with Crippen LogP contribution < -0.4 is 5.32 Å². The number of carbonyl (C=O) groups excluding carboxylic acids is 1. The molecule has 0 bridgehead atoms. The highest BCUT2D eigenvalue weighted by molar-refractivity contribution is 6.09. The van der Waals surface area contributed by atoms with Crippen LogP contribution in [-0.2, 0) is 6.42 Å². The summed E-state index contributed by atoms with van der Waals surface area (Å²) in [6.07, 6.45) is 6.53. The van der Waals surface area contributed by atoms with Crippen LogP contribution >= 0.6 is 24.8 Å². The van der Waals surface area contributed by atoms with E-state index in [9.17, 15) is 4.79 Å². The van der Waals surface area contributed by atoms with Crippen LogP contribution in [0.3, 0.4) is 0 Å². The van der Waals surface area contributed by atoms with Crippen LogP contribution in [0.25, 0.3) is 22.6 Å². The van der Waals surface area contributed by atoms with Gasteiger partial charge in [-0.05, 0) is 61.7 Å². The number of para-hydroxylation sites is 1. The number of amides is 1. The normalized spacial score (nSPS) is 14.0. The SMILES string of the molecule is CNCCN(C)C(=O)c1c2c(nc3ccccc13)/C(=C\c1ccco1)CCC2.Cl.Cl. The minimum atomic E-state index is 0. The first-order chi connectivity index (χ1) is 13.7. The quantitative estimate of drug-likeness (QED) is 0.607. The largest absolute Gasteiger partial charge is 0.465 e. The summed E-state index contributed by atoms with van der Waals surface area (Å²) in [6, 6.07) is 11.8. The third-order valence-electron chi connectivity index (χ3n) is 5.29. The number of furan rings is 1. The zero-order valence-corrected chi connectivity index (χ0v) is 18.8. The molecule has 7 heteroatoms. The average molecular weight is 448 g/mol. The molecular weight excluding hydrogens is 421 g/mol. The molecule has 5 nitrogen and oxygen atoms in total. The lowest BCUT2D eigenvalue weighted by Crippen LogP contribution is -2.34. The van der Waals surface area contributed by atoms with Crippen LogP contribution in [0.4, 0.5) is 0 Å². The van der Waals surface area contributed by atoms with Crippen molar-refractivity contribution >= 4 is 53.3 Å². The van der Waals surface area contributed by atoms with Crippen LogP contribution in [0.1, 0.15) is 40.2 Å². The van der Waals surface area contributed by atoms with E-state index in [2.05, 4.69) is 11.4 Å². The van der Waals surface area contributed by atoms with Gasteiger partial charge in [-0.3, -0.25) is 4.79 Å². The minimum absolute atomic E-state index is 0. The number of halogens is 2. The lowest BCUT2D eigenvalue weighted by Gasteiger charge is -2.25. The topological polar surface area (TPSA) is 58.4 Å². The maximum atomic E-state index is 13.4. The van der Waals surface area contributed by atoms with Crippen molar-refractivity contribution in [3.63, 3.8) is 0 Å². The van der Waals surface area contributed by atoms with Crippen molar-refractivity contribution in [1.82, 2.24) is 15.2 Å². The van der Waals surface area contributed by atoms with Gasteiger partial charge in [-0.1, -0.05) is 18.2 Å². The standard InChI is InChI=1S/C23H25N3O2.2ClH/c1-24-12-13-26(2)23(27)21-18-9-3-4-11-20(18)25-22-16(7-5-10-19(21)22)15-17-8-6-14-28-17;;/h3-4,6,8-9,11,14-15,24H,5,7,10,12-13H2,1-2H3;2*1H/b16-15-;;. The number of hydrogen-bond donors (Lipinski definition) is 1. The number of nitrogens with zero attached hydrogens (tertiary/aromatic N) is 2. The molecule has 1 aliphatic carbocycles. The molecule has 1 aromatic carbocycles. The fourth-order valence-corrected chi connectivity index (χ4v) is 3.84. The molecule has 0 spiro atoms. The fourth-order valence-electron chi connectivity index (χ4n) is 3.84. The number of rotatable bonds is 5. The maximum Gasteiger partial charge on any atom is 0.254 e. The van der Waals surface area contributed by atoms with Gasteiger partial charge in [-0.15, -0.1) is 24.8 Å². The summed E-state index contributed by atoms with van der Waals surface area (Å²) < 4.78 is 5.51. The molecule has 1 N–H and O–H groups in total. The van der Waals surface area contributed by atoms with E-state index in [1.54, 1.807) is 11.2 Å². The van der Waals surface area contributed by atoms with Crippen molar-refractivity contribution in [2.24, 2.45) is 0 Å². The number of likely N-dealkylation sites (N-methyl/N-ethyl adjacent to an activating group) is 2. The molecule has 0 unspecified atom stereocenters. The van der Waals surface area contributed by atoms with Gasteiger partial charge in [-0.2, -0.15) is 0 Å². The van der Waals surface area contributed by atoms with Gasteiger partial charge in [0, 0.05) is 25.5 Å². The van der Waals surface area contributed by atoms with Gasteiger partial charge in [0.25, 0.3) is 5.91 Å². The van der Waals surface area contributed by atoms with Crippen LogP contribution in [-0.4, -0.2) is 43.0 Å². The summed E-state index contributed by atoms with van der Waals surface area (Å²) in [5.41, 5.74) is 4.78. The van der Waals surface area contributed by atoms with Crippen LogP contribution in [0.5, 0.6) is 0 Å². The number of carbonyl (C=O) groups is 1. The molecule has 0 atom stereocenters. The predicted molar refractivity (Wildman–Crippen MR) is 127 cm³/mol. The van der Waals surface area contributed by atoms with Gasteiger partial charge in [0.15, 0.2) is 0 Å². The molecule has 0 aliphatic heterocycles. The molecule has 0 saturated carbocycles. The highest BCUT2D eigenvalue weighted by Crippen LogP contribution is 2.36. The van der Waals surface area contributed by atoms with Gasteiger partial charge in [-0.25, -0.2) is 4.98 Å². The molecule has 4 rings (SSSR count). The number of fused-ring (bicyclic) bond motifs is 2. The highest BCUT2D eigenvalue weighted by Gasteiger charge is 2.26. The summed E-state index contributed by atoms with van der Waals surface area (Å²) in [5, 5.41) is 4.04. The predicted octanol–water partition coefficient (Wildman–Crippen LogP) is 4.84. The Bertz CT molecular complexity index is 1030. The Balaban J connectivity index is 0.00000160. The molecule has 1 amide bonds. The lowest BCUT2D eigenvalue weighted by molar-refractivity contribution is 0.0797. The molecule has 2 aromatic heterocycles. The summed E-state index contributed by atoms with van der Waals surface area (Å²) in [7, 11) is 3.76. The third kappa shape index (κ3) is 4.69. The molecular formula is C23H27Cl2N3O2. The van der Waals surface area contributed by atoms with E-state index in [1.807, 2.05) is 50.5 Å². The number of hydrogen-bond acceptors (Lipinski definition) is 4. The second-order valence-electron chi connectivity index (χ2n) is 7.20. The van der Waals surface area contributed by atoms with Crippen molar-refractivity contribution in [2.45, 2.75) is 19.3 Å². The van der Waals surface area contributed by atoms with Gasteiger partial charge in [0.2, 0.25) is 0 Å². The second-order valence-corrected chi connectivity index (χ2v) is 7.20. The minimum Gasteiger partial charge on any atom is -0.465 e. The van der Waals surface area contributed by atoms with E-state index in [-0.39, 0.29) is 30.7 Å². The number of pyridine rings is 1. The summed E-state index contributed by atoms with van der Waals surface area (Å²) >= 11 is 0. The number of allylic oxidation sites excluding steroid dienone is 1. The van der Waals surface area contributed by atoms with E-state index in [1.165, 1.54) is 0 Å². The first-order valence-corrected chi connectivity index (χ1v) is 9.75. The zero-order chi connectivity index (χ0) is 19.5. The van der Waals surface area contributed by atoms with Gasteiger partial charge in [0.1, 0.15) is 5.76 Å². The lowest BCUT2D eigenvalue weighted by atomic mass is 9.86. The Hall–Kier alpha value is -2.34. The number of nitrogens with one attached hydrogen (secondary N) is 1. The van der Waals surface area contributed by atoms with Gasteiger partial charge in [0.05, 0.1) is 23.0 Å². The Labute approximate surface area is 189 Å². The maximum absolute atomic E-state index is 13.4. The molecule has 1 aliphatic rings. The van der Waals surface area contributed by atoms with Crippen LogP contribution in [0.2, 0.25) is 0 Å². The summed E-state index contributed by atoms with van der Waals surface area (Å²) in [4.78, 5) is 20.1. The van der Waals surface area contributed by atoms with Gasteiger partial charge >= 0.3 is 0 Å². The van der Waals surface area contributed by atoms with E-state index < -0.39 is 0 Å². The van der Waals surface area contributed by atoms with Crippen molar-refractivity contribution in [1.29, 1.82) is 0 Å². The van der Waals surface area contributed by atoms with Gasteiger partial charge < -0.3 is 14.6 Å². The average Bonchev–Trinajstić information content (AvgIpc) is 3.23. The van der Waals surface area contributed by atoms with Crippen molar-refractivity contribution in [3.05, 3.63) is 65.2 Å². The first kappa shape index (κ1) is 23.9. The number of benzene rings is 1. The molecule has 30 heavy (non-hydrogen) atoms. The molecule has 0 saturated heterocycles. The van der Waals surface area contributed by atoms with Crippen molar-refractivity contribution in [3.8, 4) is 0 Å². The molecule has 0 fully saturated rings. The smallest absolute Gasteiger partial charge is 0.254 e. The monoisotopic (exact) mass is 447 g/mol. The van der Waals surface area contributed by atoms with Crippen LogP contribution in [0.15, 0.2) is 47.1 Å².